The van der Waals surface area contributed by atoms with Gasteiger partial charge in [-0.1, -0.05) is 17.5 Å². The summed E-state index contributed by atoms with van der Waals surface area (Å²) in [6.45, 7) is 0.244. The third kappa shape index (κ3) is 2.26. The highest BCUT2D eigenvalue weighted by Gasteiger charge is 2.06. The van der Waals surface area contributed by atoms with Crippen molar-refractivity contribution < 1.29 is 4.79 Å². The van der Waals surface area contributed by atoms with Crippen LogP contribution in [-0.4, -0.2) is 12.5 Å². The van der Waals surface area contributed by atoms with Crippen LogP contribution in [0.25, 0.3) is 0 Å². The Labute approximate surface area is 79.5 Å². The lowest BCUT2D eigenvalue weighted by atomic mass is 10.4. The van der Waals surface area contributed by atoms with Crippen molar-refractivity contribution in [2.24, 2.45) is 0 Å². The molecule has 2 nitrogen and oxygen atoms in total. The van der Waals surface area contributed by atoms with E-state index in [1.54, 1.807) is 12.1 Å². The van der Waals surface area contributed by atoms with E-state index in [1.807, 2.05) is 0 Å². The quantitative estimate of drug-likeness (QED) is 0.723. The topological polar surface area (TPSA) is 29.1 Å². The van der Waals surface area contributed by atoms with Gasteiger partial charge in [-0.05, 0) is 12.1 Å². The average molecular weight is 200 g/mol. The van der Waals surface area contributed by atoms with Gasteiger partial charge in [-0.2, -0.15) is 0 Å². The van der Waals surface area contributed by atoms with Gasteiger partial charge in [0.25, 0.3) is 5.91 Å². The predicted molar refractivity (Wildman–Crippen MR) is 50.5 cm³/mol. The molecule has 0 fully saturated rings. The van der Waals surface area contributed by atoms with Gasteiger partial charge in [-0.15, -0.1) is 17.8 Å². The first kappa shape index (κ1) is 9.11. The van der Waals surface area contributed by atoms with Gasteiger partial charge in [0.15, 0.2) is 0 Å². The number of hydrogen-bond donors (Lipinski definition) is 1. The minimum atomic E-state index is -0.176. The molecule has 0 bridgehead atoms. The van der Waals surface area contributed by atoms with Crippen LogP contribution in [-0.2, 0) is 0 Å². The third-order valence-electron chi connectivity index (χ3n) is 1.15. The largest absolute Gasteiger partial charge is 0.340 e. The first-order valence-electron chi connectivity index (χ1n) is 3.21. The summed E-state index contributed by atoms with van der Waals surface area (Å²) in [5.74, 6) is 2.14. The second-order valence-corrected chi connectivity index (χ2v) is 3.71. The summed E-state index contributed by atoms with van der Waals surface area (Å²) in [6.07, 6.45) is 4.97. The van der Waals surface area contributed by atoms with Crippen LogP contribution in [0.1, 0.15) is 9.67 Å². The van der Waals surface area contributed by atoms with E-state index >= 15 is 0 Å². The molecule has 12 heavy (non-hydrogen) atoms. The average Bonchev–Trinajstić information content (AvgIpc) is 2.47. The van der Waals surface area contributed by atoms with E-state index in [4.69, 9.17) is 18.0 Å². The number of amides is 1. The number of halogens is 1. The molecular weight excluding hydrogens is 194 g/mol. The fraction of sp³-hybridized carbons (Fsp3) is 0.125. The van der Waals surface area contributed by atoms with Crippen molar-refractivity contribution in [2.75, 3.05) is 6.54 Å². The fourth-order valence-electron chi connectivity index (χ4n) is 0.655. The van der Waals surface area contributed by atoms with E-state index in [0.29, 0.717) is 9.21 Å². The molecule has 1 aromatic heterocycles. The van der Waals surface area contributed by atoms with Gasteiger partial charge in [0.2, 0.25) is 0 Å². The van der Waals surface area contributed by atoms with Crippen LogP contribution in [0.3, 0.4) is 0 Å². The number of nitrogens with one attached hydrogen (secondary N) is 1. The van der Waals surface area contributed by atoms with E-state index in [1.165, 1.54) is 11.3 Å². The molecule has 0 unspecified atom stereocenters. The maximum atomic E-state index is 11.2. The highest BCUT2D eigenvalue weighted by atomic mass is 35.5. The molecular formula is C8H6ClNOS. The summed E-state index contributed by atoms with van der Waals surface area (Å²) < 4.78 is 0.598. The first-order valence-corrected chi connectivity index (χ1v) is 4.40. The summed E-state index contributed by atoms with van der Waals surface area (Å²) in [5.41, 5.74) is 0. The van der Waals surface area contributed by atoms with E-state index in [0.717, 1.165) is 0 Å². The highest BCUT2D eigenvalue weighted by Crippen LogP contribution is 2.20. The predicted octanol–water partition coefficient (Wildman–Crippen LogP) is 1.76. The molecule has 1 rings (SSSR count). The second kappa shape index (κ2) is 4.15. The highest BCUT2D eigenvalue weighted by molar-refractivity contribution is 7.17. The molecule has 0 saturated carbocycles. The summed E-state index contributed by atoms with van der Waals surface area (Å²) in [6, 6.07) is 3.34. The van der Waals surface area contributed by atoms with Crippen LogP contribution in [0, 0.1) is 12.3 Å². The molecule has 0 atom stereocenters. The monoisotopic (exact) mass is 199 g/mol. The molecule has 62 valence electrons. The van der Waals surface area contributed by atoms with Crippen LogP contribution in [0.5, 0.6) is 0 Å². The van der Waals surface area contributed by atoms with Crippen molar-refractivity contribution in [1.29, 1.82) is 0 Å². The number of carbonyl (C=O) groups is 1. The van der Waals surface area contributed by atoms with Crippen molar-refractivity contribution in [1.82, 2.24) is 5.32 Å². The van der Waals surface area contributed by atoms with Gasteiger partial charge in [-0.25, -0.2) is 0 Å². The molecule has 1 amide bonds. The minimum Gasteiger partial charge on any atom is -0.340 e. The minimum absolute atomic E-state index is 0.176. The molecule has 1 N–H and O–H groups in total. The fourth-order valence-corrected chi connectivity index (χ4v) is 1.61. The van der Waals surface area contributed by atoms with Gasteiger partial charge in [0.1, 0.15) is 0 Å². The lowest BCUT2D eigenvalue weighted by Crippen LogP contribution is -2.22. The summed E-state index contributed by atoms with van der Waals surface area (Å²) in [4.78, 5) is 11.7. The molecule has 4 heteroatoms. The van der Waals surface area contributed by atoms with Crippen molar-refractivity contribution >= 4 is 28.8 Å². The second-order valence-electron chi connectivity index (χ2n) is 1.99. The zero-order valence-electron chi connectivity index (χ0n) is 6.13. The van der Waals surface area contributed by atoms with Crippen molar-refractivity contribution in [3.8, 4) is 12.3 Å². The molecule has 0 aliphatic carbocycles. The van der Waals surface area contributed by atoms with E-state index in [-0.39, 0.29) is 12.5 Å². The maximum Gasteiger partial charge on any atom is 0.262 e. The van der Waals surface area contributed by atoms with Crippen LogP contribution in [0.15, 0.2) is 12.1 Å². The maximum absolute atomic E-state index is 11.2. The molecule has 0 spiro atoms. The van der Waals surface area contributed by atoms with Gasteiger partial charge < -0.3 is 5.32 Å². The number of thiophene rings is 1. The van der Waals surface area contributed by atoms with Crippen LogP contribution >= 0.6 is 22.9 Å². The van der Waals surface area contributed by atoms with E-state index in [9.17, 15) is 4.79 Å². The number of carbonyl (C=O) groups excluding carboxylic acids is 1. The van der Waals surface area contributed by atoms with Crippen molar-refractivity contribution in [3.05, 3.63) is 21.3 Å². The van der Waals surface area contributed by atoms with Crippen LogP contribution in [0.2, 0.25) is 4.34 Å². The molecule has 0 radical (unpaired) electrons. The van der Waals surface area contributed by atoms with E-state index < -0.39 is 0 Å². The molecule has 1 heterocycles. The lowest BCUT2D eigenvalue weighted by molar-refractivity contribution is 0.0963. The Balaban J connectivity index is 2.61. The molecule has 0 aliphatic rings. The van der Waals surface area contributed by atoms with Crippen molar-refractivity contribution in [2.45, 2.75) is 0 Å². The number of hydrogen-bond acceptors (Lipinski definition) is 2. The Bertz CT molecular complexity index is 326. The van der Waals surface area contributed by atoms with E-state index in [2.05, 4.69) is 11.2 Å². The SMILES string of the molecule is C#CCNC(=O)c1ccc(Cl)s1. The van der Waals surface area contributed by atoms with Gasteiger partial charge in [-0.3, -0.25) is 4.79 Å². The van der Waals surface area contributed by atoms with Gasteiger partial charge >= 0.3 is 0 Å². The van der Waals surface area contributed by atoms with Crippen LogP contribution < -0.4 is 5.32 Å². The standard InChI is InChI=1S/C8H6ClNOS/c1-2-5-10-8(11)6-3-4-7(9)12-6/h1,3-4H,5H2,(H,10,11). The van der Waals surface area contributed by atoms with Gasteiger partial charge in [0.05, 0.1) is 15.8 Å². The zero-order valence-corrected chi connectivity index (χ0v) is 7.71. The first-order chi connectivity index (χ1) is 5.74. The zero-order chi connectivity index (χ0) is 8.97. The lowest BCUT2D eigenvalue weighted by Gasteiger charge is -1.95. The Morgan fingerprint density at radius 2 is 2.50 bits per heavy atom. The molecule has 1 aromatic rings. The molecule has 0 aliphatic heterocycles. The number of rotatable bonds is 2. The Hall–Kier alpha value is -0.980. The smallest absolute Gasteiger partial charge is 0.262 e. The van der Waals surface area contributed by atoms with Gasteiger partial charge in [0, 0.05) is 0 Å². The molecule has 0 aromatic carbocycles. The third-order valence-corrected chi connectivity index (χ3v) is 2.38. The Kier molecular flexibility index (Phi) is 3.15. The Morgan fingerprint density at radius 3 is 3.00 bits per heavy atom. The normalized spacial score (nSPS) is 9.00. The summed E-state index contributed by atoms with van der Waals surface area (Å²) in [7, 11) is 0. The molecule has 0 saturated heterocycles. The van der Waals surface area contributed by atoms with Crippen molar-refractivity contribution in [3.63, 3.8) is 0 Å². The van der Waals surface area contributed by atoms with Crippen LogP contribution in [0.4, 0.5) is 0 Å². The summed E-state index contributed by atoms with van der Waals surface area (Å²) in [5, 5.41) is 2.54. The summed E-state index contributed by atoms with van der Waals surface area (Å²) >= 11 is 6.87. The number of terminal acetylenes is 1. The Morgan fingerprint density at radius 1 is 1.75 bits per heavy atom.